The molecule has 0 amide bonds. The number of benzene rings is 2. The fraction of sp³-hybridized carbons (Fsp3) is 0.333. The van der Waals surface area contributed by atoms with Crippen LogP contribution >= 0.6 is 21.6 Å². The van der Waals surface area contributed by atoms with E-state index >= 15 is 0 Å². The lowest BCUT2D eigenvalue weighted by atomic mass is 10.3. The van der Waals surface area contributed by atoms with Crippen LogP contribution in [0.3, 0.4) is 0 Å². The van der Waals surface area contributed by atoms with E-state index in [2.05, 4.69) is 87.8 Å². The van der Waals surface area contributed by atoms with Crippen molar-refractivity contribution in [3.8, 4) is 11.5 Å². The average Bonchev–Trinajstić information content (AvgIpc) is 2.45. The zero-order valence-electron chi connectivity index (χ0n) is 15.3. The van der Waals surface area contributed by atoms with Crippen molar-refractivity contribution in [3.63, 3.8) is 0 Å². The Morgan fingerprint density at radius 1 is 0.542 bits per heavy atom. The summed E-state index contributed by atoms with van der Waals surface area (Å²) in [5, 5.41) is 0. The molecule has 0 heterocycles. The molecule has 0 spiro atoms. The van der Waals surface area contributed by atoms with Gasteiger partial charge in [0.15, 0.2) is 0 Å². The molecule has 0 aliphatic carbocycles. The summed E-state index contributed by atoms with van der Waals surface area (Å²) >= 11 is 0. The lowest BCUT2D eigenvalue weighted by Gasteiger charge is -2.19. The van der Waals surface area contributed by atoms with Gasteiger partial charge in [-0.1, -0.05) is 21.6 Å². The normalized spacial score (nSPS) is 12.1. The van der Waals surface area contributed by atoms with Crippen LogP contribution < -0.4 is 8.85 Å². The fourth-order valence-electron chi connectivity index (χ4n) is 1.93. The third-order valence-electron chi connectivity index (χ3n) is 2.73. The van der Waals surface area contributed by atoms with Crippen LogP contribution in [0, 0.1) is 0 Å². The molecule has 0 fully saturated rings. The van der Waals surface area contributed by atoms with Gasteiger partial charge in [0.2, 0.25) is 16.6 Å². The summed E-state index contributed by atoms with van der Waals surface area (Å²) in [5.41, 5.74) is 0. The first kappa shape index (κ1) is 19.5. The summed E-state index contributed by atoms with van der Waals surface area (Å²) in [6.45, 7) is 13.2. The average molecular weight is 395 g/mol. The highest BCUT2D eigenvalue weighted by Gasteiger charge is 2.16. The van der Waals surface area contributed by atoms with Gasteiger partial charge in [0.05, 0.1) is 0 Å². The quantitative estimate of drug-likeness (QED) is 0.375. The molecule has 2 rings (SSSR count). The molecule has 24 heavy (non-hydrogen) atoms. The number of hydrogen-bond acceptors (Lipinski definition) is 4. The second-order valence-corrected chi connectivity index (χ2v) is 18.7. The van der Waals surface area contributed by atoms with Gasteiger partial charge in [-0.05, 0) is 87.8 Å². The third-order valence-corrected chi connectivity index (χ3v) is 6.84. The Morgan fingerprint density at radius 3 is 1.08 bits per heavy atom. The molecule has 0 N–H and O–H groups in total. The van der Waals surface area contributed by atoms with E-state index in [1.165, 1.54) is 9.79 Å². The van der Waals surface area contributed by atoms with Crippen molar-refractivity contribution in [2.75, 3.05) is 0 Å². The van der Waals surface area contributed by atoms with Crippen molar-refractivity contribution < 1.29 is 8.85 Å². The standard InChI is InChI=1S/C18H26O2S2Si2/c1-23(2,3)19-15-7-11-17(12-8-15)21-22-18-13-9-16(10-14-18)20-24(4,5)6/h7-14H,1-6H3. The van der Waals surface area contributed by atoms with E-state index in [0.29, 0.717) is 0 Å². The molecular weight excluding hydrogens is 369 g/mol. The van der Waals surface area contributed by atoms with Crippen LogP contribution in [-0.2, 0) is 0 Å². The van der Waals surface area contributed by atoms with Crippen LogP contribution in [0.15, 0.2) is 58.3 Å². The maximum absolute atomic E-state index is 5.98. The lowest BCUT2D eigenvalue weighted by Crippen LogP contribution is -2.29. The van der Waals surface area contributed by atoms with Gasteiger partial charge in [-0.25, -0.2) is 0 Å². The zero-order chi connectivity index (χ0) is 17.8. The summed E-state index contributed by atoms with van der Waals surface area (Å²) in [4.78, 5) is 2.45. The number of rotatable bonds is 7. The molecule has 0 bridgehead atoms. The fourth-order valence-corrected chi connectivity index (χ4v) is 5.55. The predicted molar refractivity (Wildman–Crippen MR) is 113 cm³/mol. The van der Waals surface area contributed by atoms with Gasteiger partial charge in [-0.15, -0.1) is 0 Å². The van der Waals surface area contributed by atoms with E-state index in [4.69, 9.17) is 8.85 Å². The van der Waals surface area contributed by atoms with Crippen molar-refractivity contribution in [3.05, 3.63) is 48.5 Å². The largest absolute Gasteiger partial charge is 0.544 e. The minimum atomic E-state index is -1.53. The predicted octanol–water partition coefficient (Wildman–Crippen LogP) is 6.91. The Morgan fingerprint density at radius 2 is 0.833 bits per heavy atom. The molecule has 2 nitrogen and oxygen atoms in total. The van der Waals surface area contributed by atoms with Crippen LogP contribution in [0.2, 0.25) is 39.3 Å². The molecule has 0 saturated heterocycles. The van der Waals surface area contributed by atoms with E-state index in [1.807, 2.05) is 0 Å². The third kappa shape index (κ3) is 7.38. The Kier molecular flexibility index (Phi) is 6.53. The van der Waals surface area contributed by atoms with E-state index in [0.717, 1.165) is 11.5 Å². The minimum absolute atomic E-state index is 0.969. The van der Waals surface area contributed by atoms with Crippen molar-refractivity contribution in [1.29, 1.82) is 0 Å². The topological polar surface area (TPSA) is 18.5 Å². The highest BCUT2D eigenvalue weighted by atomic mass is 33.1. The van der Waals surface area contributed by atoms with Gasteiger partial charge in [-0.2, -0.15) is 0 Å². The Hall–Kier alpha value is -0.826. The van der Waals surface area contributed by atoms with E-state index in [9.17, 15) is 0 Å². The monoisotopic (exact) mass is 394 g/mol. The molecule has 0 aromatic heterocycles. The summed E-state index contributed by atoms with van der Waals surface area (Å²) in [7, 11) is 0.458. The highest BCUT2D eigenvalue weighted by molar-refractivity contribution is 8.76. The first-order valence-electron chi connectivity index (χ1n) is 8.03. The van der Waals surface area contributed by atoms with Crippen molar-refractivity contribution in [2.45, 2.75) is 49.1 Å². The van der Waals surface area contributed by atoms with Crippen LogP contribution in [-0.4, -0.2) is 16.6 Å². The van der Waals surface area contributed by atoms with Crippen LogP contribution in [0.25, 0.3) is 0 Å². The van der Waals surface area contributed by atoms with Gasteiger partial charge in [0, 0.05) is 9.79 Å². The van der Waals surface area contributed by atoms with Gasteiger partial charge < -0.3 is 8.85 Å². The summed E-state index contributed by atoms with van der Waals surface area (Å²) in [6.07, 6.45) is 0. The van der Waals surface area contributed by atoms with Crippen LogP contribution in [0.4, 0.5) is 0 Å². The van der Waals surface area contributed by atoms with Crippen molar-refractivity contribution >= 4 is 38.2 Å². The SMILES string of the molecule is C[Si](C)(C)Oc1ccc(SSc2ccc(O[Si](C)(C)C)cc2)cc1. The van der Waals surface area contributed by atoms with Gasteiger partial charge >= 0.3 is 0 Å². The van der Waals surface area contributed by atoms with Gasteiger partial charge in [0.25, 0.3) is 0 Å². The smallest absolute Gasteiger partial charge is 0.242 e. The molecule has 0 saturated carbocycles. The maximum atomic E-state index is 5.98. The van der Waals surface area contributed by atoms with Gasteiger partial charge in [-0.3, -0.25) is 0 Å². The van der Waals surface area contributed by atoms with Crippen molar-refractivity contribution in [2.24, 2.45) is 0 Å². The molecular formula is C18H26O2S2Si2. The highest BCUT2D eigenvalue weighted by Crippen LogP contribution is 2.38. The Bertz CT molecular complexity index is 585. The second kappa shape index (κ2) is 8.04. The van der Waals surface area contributed by atoms with E-state index in [-0.39, 0.29) is 0 Å². The summed E-state index contributed by atoms with van der Waals surface area (Å²) in [6, 6.07) is 16.7. The molecule has 0 unspecified atom stereocenters. The van der Waals surface area contributed by atoms with E-state index in [1.54, 1.807) is 21.6 Å². The molecule has 130 valence electrons. The van der Waals surface area contributed by atoms with Crippen LogP contribution in [0.5, 0.6) is 11.5 Å². The molecule has 2 aromatic carbocycles. The molecule has 2 aromatic rings. The summed E-state index contributed by atoms with van der Waals surface area (Å²) in [5.74, 6) is 1.94. The zero-order valence-corrected chi connectivity index (χ0v) is 18.9. The molecule has 0 radical (unpaired) electrons. The Labute approximate surface area is 156 Å². The molecule has 0 atom stereocenters. The summed E-state index contributed by atoms with van der Waals surface area (Å²) < 4.78 is 12.0. The first-order valence-corrected chi connectivity index (χ1v) is 17.0. The van der Waals surface area contributed by atoms with Crippen molar-refractivity contribution in [1.82, 2.24) is 0 Å². The van der Waals surface area contributed by atoms with Gasteiger partial charge in [0.1, 0.15) is 11.5 Å². The van der Waals surface area contributed by atoms with Crippen LogP contribution in [0.1, 0.15) is 0 Å². The molecule has 6 heteroatoms. The minimum Gasteiger partial charge on any atom is -0.544 e. The molecule has 0 aliphatic rings. The van der Waals surface area contributed by atoms with E-state index < -0.39 is 16.6 Å². The number of hydrogen-bond donors (Lipinski definition) is 0. The lowest BCUT2D eigenvalue weighted by molar-refractivity contribution is 0.556. The first-order chi connectivity index (χ1) is 11.1. The maximum Gasteiger partial charge on any atom is 0.242 e. The Balaban J connectivity index is 1.89. The second-order valence-electron chi connectivity index (χ2n) is 7.54. The molecule has 0 aliphatic heterocycles.